The largest absolute Gasteiger partial charge is 0.478 e. The quantitative estimate of drug-likeness (QED) is 0.803. The van der Waals surface area contributed by atoms with Crippen molar-refractivity contribution in [3.05, 3.63) is 64.7 Å². The Kier molecular flexibility index (Phi) is 4.35. The number of carboxylic acid groups (broad SMARTS) is 1. The van der Waals surface area contributed by atoms with Crippen LogP contribution in [0, 0.1) is 6.92 Å². The molecule has 1 amide bonds. The first-order valence-corrected chi connectivity index (χ1v) is 6.45. The average Bonchev–Trinajstić information content (AvgIpc) is 2.47. The summed E-state index contributed by atoms with van der Waals surface area (Å²) in [5.41, 5.74) is 8.36. The summed E-state index contributed by atoms with van der Waals surface area (Å²) in [6.45, 7) is 2.12. The number of amides is 1. The van der Waals surface area contributed by atoms with Crippen LogP contribution in [0.2, 0.25) is 0 Å². The Hall–Kier alpha value is -2.66. The third-order valence-corrected chi connectivity index (χ3v) is 3.17. The molecule has 0 aliphatic rings. The van der Waals surface area contributed by atoms with Crippen molar-refractivity contribution in [2.24, 2.45) is 5.73 Å². The van der Waals surface area contributed by atoms with Crippen LogP contribution >= 0.6 is 0 Å². The molecule has 0 fully saturated rings. The molecule has 0 bridgehead atoms. The third kappa shape index (κ3) is 3.46. The highest BCUT2D eigenvalue weighted by atomic mass is 16.4. The summed E-state index contributed by atoms with van der Waals surface area (Å²) in [5, 5.41) is 11.7. The van der Waals surface area contributed by atoms with Gasteiger partial charge in [-0.05, 0) is 48.4 Å². The minimum Gasteiger partial charge on any atom is -0.478 e. The van der Waals surface area contributed by atoms with Gasteiger partial charge in [-0.25, -0.2) is 4.79 Å². The predicted octanol–water partition coefficient (Wildman–Crippen LogP) is 2.40. The van der Waals surface area contributed by atoms with E-state index in [4.69, 9.17) is 10.8 Å². The van der Waals surface area contributed by atoms with Crippen molar-refractivity contribution in [1.29, 1.82) is 0 Å². The van der Waals surface area contributed by atoms with E-state index in [-0.39, 0.29) is 11.5 Å². The van der Waals surface area contributed by atoms with Crippen LogP contribution in [0.25, 0.3) is 0 Å². The van der Waals surface area contributed by atoms with E-state index in [0.717, 1.165) is 5.56 Å². The minimum atomic E-state index is -0.984. The fourth-order valence-electron chi connectivity index (χ4n) is 1.98. The number of aromatic carboxylic acids is 1. The molecule has 0 spiro atoms. The number of rotatable bonds is 4. The van der Waals surface area contributed by atoms with E-state index >= 15 is 0 Å². The molecule has 0 aromatic heterocycles. The second-order valence-electron chi connectivity index (χ2n) is 4.69. The molecule has 5 nitrogen and oxygen atoms in total. The Bertz CT molecular complexity index is 678. The maximum absolute atomic E-state index is 12.1. The molecule has 2 rings (SSSR count). The van der Waals surface area contributed by atoms with E-state index in [1.165, 1.54) is 6.07 Å². The topological polar surface area (TPSA) is 92.4 Å². The van der Waals surface area contributed by atoms with Crippen LogP contribution in [-0.4, -0.2) is 17.0 Å². The lowest BCUT2D eigenvalue weighted by atomic mass is 10.1. The highest BCUT2D eigenvalue weighted by molar-refractivity contribution is 6.04. The van der Waals surface area contributed by atoms with E-state index in [0.29, 0.717) is 23.4 Å². The molecular weight excluding hydrogens is 268 g/mol. The van der Waals surface area contributed by atoms with Crippen LogP contribution in [-0.2, 0) is 6.54 Å². The Morgan fingerprint density at radius 3 is 2.33 bits per heavy atom. The van der Waals surface area contributed by atoms with E-state index < -0.39 is 5.97 Å². The first-order chi connectivity index (χ1) is 10.0. The van der Waals surface area contributed by atoms with E-state index in [2.05, 4.69) is 5.32 Å². The Labute approximate surface area is 122 Å². The number of carbonyl (C=O) groups excluding carboxylic acids is 1. The van der Waals surface area contributed by atoms with Gasteiger partial charge in [0.1, 0.15) is 0 Å². The summed E-state index contributed by atoms with van der Waals surface area (Å²) in [4.78, 5) is 23.0. The molecule has 0 heterocycles. The lowest BCUT2D eigenvalue weighted by Crippen LogP contribution is -2.12. The molecular formula is C16H16N2O3. The van der Waals surface area contributed by atoms with Gasteiger partial charge < -0.3 is 16.2 Å². The number of nitrogens with one attached hydrogen (secondary N) is 1. The molecule has 0 saturated heterocycles. The predicted molar refractivity (Wildman–Crippen MR) is 80.4 cm³/mol. The van der Waals surface area contributed by atoms with Crippen LogP contribution in [0.4, 0.5) is 5.69 Å². The SMILES string of the molecule is Cc1cc(NC(=O)c2ccc(CN)cc2)ccc1C(=O)O. The van der Waals surface area contributed by atoms with Crippen LogP contribution < -0.4 is 11.1 Å². The van der Waals surface area contributed by atoms with E-state index in [1.54, 1.807) is 43.3 Å². The van der Waals surface area contributed by atoms with Crippen LogP contribution in [0.1, 0.15) is 31.8 Å². The Balaban J connectivity index is 2.15. The highest BCUT2D eigenvalue weighted by Crippen LogP contribution is 2.16. The molecule has 0 aliphatic carbocycles. The summed E-state index contributed by atoms with van der Waals surface area (Å²) in [5.74, 6) is -1.23. The van der Waals surface area contributed by atoms with Crippen molar-refractivity contribution in [3.63, 3.8) is 0 Å². The van der Waals surface area contributed by atoms with Crippen molar-refractivity contribution in [2.45, 2.75) is 13.5 Å². The van der Waals surface area contributed by atoms with E-state index in [1.807, 2.05) is 0 Å². The maximum atomic E-state index is 12.1. The molecule has 4 N–H and O–H groups in total. The number of aryl methyl sites for hydroxylation is 1. The van der Waals surface area contributed by atoms with Gasteiger partial charge in [0.25, 0.3) is 5.91 Å². The molecule has 0 aliphatic heterocycles. The van der Waals surface area contributed by atoms with Crippen LogP contribution in [0.3, 0.4) is 0 Å². The van der Waals surface area contributed by atoms with Gasteiger partial charge in [0.2, 0.25) is 0 Å². The number of carboxylic acids is 1. The second kappa shape index (κ2) is 6.19. The van der Waals surface area contributed by atoms with Crippen LogP contribution in [0.15, 0.2) is 42.5 Å². The lowest BCUT2D eigenvalue weighted by Gasteiger charge is -2.08. The van der Waals surface area contributed by atoms with Crippen molar-refractivity contribution in [1.82, 2.24) is 0 Å². The minimum absolute atomic E-state index is 0.222. The van der Waals surface area contributed by atoms with E-state index in [9.17, 15) is 9.59 Å². The highest BCUT2D eigenvalue weighted by Gasteiger charge is 2.10. The van der Waals surface area contributed by atoms with Gasteiger partial charge in [-0.1, -0.05) is 12.1 Å². The van der Waals surface area contributed by atoms with Gasteiger partial charge in [-0.2, -0.15) is 0 Å². The summed E-state index contributed by atoms with van der Waals surface area (Å²) >= 11 is 0. The van der Waals surface area contributed by atoms with Gasteiger partial charge in [0.15, 0.2) is 0 Å². The lowest BCUT2D eigenvalue weighted by molar-refractivity contribution is 0.0696. The number of hydrogen-bond acceptors (Lipinski definition) is 3. The average molecular weight is 284 g/mol. The number of carbonyl (C=O) groups is 2. The van der Waals surface area contributed by atoms with Gasteiger partial charge in [0.05, 0.1) is 5.56 Å². The second-order valence-corrected chi connectivity index (χ2v) is 4.69. The van der Waals surface area contributed by atoms with Crippen molar-refractivity contribution < 1.29 is 14.7 Å². The number of benzene rings is 2. The Morgan fingerprint density at radius 2 is 1.81 bits per heavy atom. The first-order valence-electron chi connectivity index (χ1n) is 6.45. The molecule has 0 atom stereocenters. The van der Waals surface area contributed by atoms with Gasteiger partial charge in [0, 0.05) is 17.8 Å². The monoisotopic (exact) mass is 284 g/mol. The molecule has 108 valence electrons. The van der Waals surface area contributed by atoms with Gasteiger partial charge >= 0.3 is 5.97 Å². The smallest absolute Gasteiger partial charge is 0.335 e. The van der Waals surface area contributed by atoms with Crippen molar-refractivity contribution in [2.75, 3.05) is 5.32 Å². The van der Waals surface area contributed by atoms with Gasteiger partial charge in [-0.3, -0.25) is 4.79 Å². The number of nitrogens with two attached hydrogens (primary N) is 1. The molecule has 2 aromatic carbocycles. The number of hydrogen-bond donors (Lipinski definition) is 3. The van der Waals surface area contributed by atoms with Gasteiger partial charge in [-0.15, -0.1) is 0 Å². The zero-order chi connectivity index (χ0) is 15.4. The molecule has 5 heteroatoms. The normalized spacial score (nSPS) is 10.2. The number of anilines is 1. The molecule has 21 heavy (non-hydrogen) atoms. The van der Waals surface area contributed by atoms with Crippen LogP contribution in [0.5, 0.6) is 0 Å². The molecule has 0 radical (unpaired) electrons. The summed E-state index contributed by atoms with van der Waals surface area (Å²) in [7, 11) is 0. The van der Waals surface area contributed by atoms with Crippen molar-refractivity contribution >= 4 is 17.6 Å². The molecule has 0 saturated carbocycles. The summed E-state index contributed by atoms with van der Waals surface area (Å²) in [6, 6.07) is 11.7. The summed E-state index contributed by atoms with van der Waals surface area (Å²) < 4.78 is 0. The maximum Gasteiger partial charge on any atom is 0.335 e. The summed E-state index contributed by atoms with van der Waals surface area (Å²) in [6.07, 6.45) is 0. The Morgan fingerprint density at radius 1 is 1.14 bits per heavy atom. The standard InChI is InChI=1S/C16H16N2O3/c1-10-8-13(6-7-14(10)16(20)21)18-15(19)12-4-2-11(9-17)3-5-12/h2-8H,9,17H2,1H3,(H,18,19)(H,20,21). The fraction of sp³-hybridized carbons (Fsp3) is 0.125. The van der Waals surface area contributed by atoms with Crippen molar-refractivity contribution in [3.8, 4) is 0 Å². The first kappa shape index (κ1) is 14.7. The molecule has 0 unspecified atom stereocenters. The zero-order valence-corrected chi connectivity index (χ0v) is 11.6. The molecule has 2 aromatic rings. The zero-order valence-electron chi connectivity index (χ0n) is 11.6. The third-order valence-electron chi connectivity index (χ3n) is 3.17. The fourth-order valence-corrected chi connectivity index (χ4v) is 1.98.